The summed E-state index contributed by atoms with van der Waals surface area (Å²) >= 11 is 0. The Labute approximate surface area is 120 Å². The zero-order valence-corrected chi connectivity index (χ0v) is 12.6. The molecule has 0 atom stereocenters. The van der Waals surface area contributed by atoms with Crippen LogP contribution in [0.15, 0.2) is 22.6 Å². The van der Waals surface area contributed by atoms with Crippen LogP contribution in [-0.2, 0) is 13.0 Å². The van der Waals surface area contributed by atoms with Crippen molar-refractivity contribution >= 4 is 0 Å². The molecule has 3 rings (SSSR count). The molecule has 2 aromatic rings. The molecule has 1 fully saturated rings. The molecule has 20 heavy (non-hydrogen) atoms. The Morgan fingerprint density at radius 2 is 2.00 bits per heavy atom. The second kappa shape index (κ2) is 5.44. The molecule has 0 aliphatic carbocycles. The summed E-state index contributed by atoms with van der Waals surface area (Å²) in [6.07, 6.45) is 2.17. The molecule has 0 radical (unpaired) electrons. The number of aryl methyl sites for hydroxylation is 3. The molecular formula is C16H23N3O. The minimum Gasteiger partial charge on any atom is -0.465 e. The number of nitrogens with zero attached hydrogens (tertiary/aromatic N) is 3. The maximum atomic E-state index is 5.84. The highest BCUT2D eigenvalue weighted by atomic mass is 16.3. The molecule has 0 saturated carbocycles. The molecule has 0 unspecified atom stereocenters. The smallest absolute Gasteiger partial charge is 0.118 e. The van der Waals surface area contributed by atoms with Gasteiger partial charge in [-0.3, -0.25) is 9.58 Å². The molecule has 1 saturated heterocycles. The lowest BCUT2D eigenvalue weighted by Crippen LogP contribution is -2.47. The van der Waals surface area contributed by atoms with Crippen molar-refractivity contribution in [3.8, 4) is 0 Å². The van der Waals surface area contributed by atoms with Crippen LogP contribution >= 0.6 is 0 Å². The third-order valence-corrected chi connectivity index (χ3v) is 3.92. The number of likely N-dealkylation sites (tertiary alicyclic amines) is 1. The summed E-state index contributed by atoms with van der Waals surface area (Å²) in [5.74, 6) is 2.19. The minimum absolute atomic E-state index is 0.522. The van der Waals surface area contributed by atoms with Gasteiger partial charge in [-0.2, -0.15) is 5.10 Å². The van der Waals surface area contributed by atoms with Crippen LogP contribution in [0.4, 0.5) is 0 Å². The third kappa shape index (κ3) is 2.66. The van der Waals surface area contributed by atoms with Crippen molar-refractivity contribution in [2.45, 2.75) is 46.2 Å². The van der Waals surface area contributed by atoms with E-state index in [1.807, 2.05) is 0 Å². The van der Waals surface area contributed by atoms with Gasteiger partial charge in [0.25, 0.3) is 0 Å². The Hall–Kier alpha value is -1.55. The van der Waals surface area contributed by atoms with Gasteiger partial charge in [0.2, 0.25) is 0 Å². The molecule has 4 nitrogen and oxygen atoms in total. The first-order valence-corrected chi connectivity index (χ1v) is 7.48. The van der Waals surface area contributed by atoms with Crippen LogP contribution in [0.3, 0.4) is 0 Å². The monoisotopic (exact) mass is 273 g/mol. The molecule has 4 heteroatoms. The molecule has 2 aromatic heterocycles. The van der Waals surface area contributed by atoms with Gasteiger partial charge in [-0.25, -0.2) is 0 Å². The molecule has 3 heterocycles. The van der Waals surface area contributed by atoms with E-state index in [-0.39, 0.29) is 0 Å². The average molecular weight is 273 g/mol. The van der Waals surface area contributed by atoms with Gasteiger partial charge in [0.15, 0.2) is 0 Å². The van der Waals surface area contributed by atoms with E-state index in [0.29, 0.717) is 6.04 Å². The fourth-order valence-corrected chi connectivity index (χ4v) is 2.95. The quantitative estimate of drug-likeness (QED) is 0.839. The van der Waals surface area contributed by atoms with Gasteiger partial charge in [-0.15, -0.1) is 0 Å². The largest absolute Gasteiger partial charge is 0.465 e. The van der Waals surface area contributed by atoms with Gasteiger partial charge < -0.3 is 4.42 Å². The highest BCUT2D eigenvalue weighted by Crippen LogP contribution is 2.25. The number of furan rings is 1. The van der Waals surface area contributed by atoms with Crippen LogP contribution in [-0.4, -0.2) is 27.8 Å². The fourth-order valence-electron chi connectivity index (χ4n) is 2.95. The first-order valence-electron chi connectivity index (χ1n) is 7.48. The van der Waals surface area contributed by atoms with E-state index in [9.17, 15) is 0 Å². The second-order valence-corrected chi connectivity index (χ2v) is 5.84. The molecule has 1 aliphatic heterocycles. The number of rotatable bonds is 5. The molecule has 0 amide bonds. The van der Waals surface area contributed by atoms with E-state index in [4.69, 9.17) is 4.42 Å². The van der Waals surface area contributed by atoms with Crippen molar-refractivity contribution in [1.82, 2.24) is 14.7 Å². The van der Waals surface area contributed by atoms with Crippen LogP contribution in [0.2, 0.25) is 0 Å². The average Bonchev–Trinajstić information content (AvgIpc) is 2.91. The van der Waals surface area contributed by atoms with Gasteiger partial charge in [0.05, 0.1) is 18.3 Å². The van der Waals surface area contributed by atoms with Crippen LogP contribution in [0.5, 0.6) is 0 Å². The van der Waals surface area contributed by atoms with Gasteiger partial charge in [-0.05, 0) is 38.5 Å². The van der Waals surface area contributed by atoms with Crippen molar-refractivity contribution in [1.29, 1.82) is 0 Å². The number of aromatic nitrogens is 2. The number of hydrogen-bond donors (Lipinski definition) is 0. The lowest BCUT2D eigenvalue weighted by atomic mass is 10.1. The van der Waals surface area contributed by atoms with Gasteiger partial charge in [0, 0.05) is 25.2 Å². The van der Waals surface area contributed by atoms with Crippen molar-refractivity contribution < 1.29 is 4.42 Å². The SMILES string of the molecule is CCCc1ccc(CN2CC(n3nc(C)cc3C)C2)o1. The minimum atomic E-state index is 0.522. The van der Waals surface area contributed by atoms with Crippen molar-refractivity contribution in [3.05, 3.63) is 41.1 Å². The Kier molecular flexibility index (Phi) is 3.66. The highest BCUT2D eigenvalue weighted by Gasteiger charge is 2.30. The summed E-state index contributed by atoms with van der Waals surface area (Å²) in [6.45, 7) is 9.40. The molecule has 0 spiro atoms. The van der Waals surface area contributed by atoms with Crippen molar-refractivity contribution in [2.24, 2.45) is 0 Å². The van der Waals surface area contributed by atoms with Crippen LogP contribution in [0, 0.1) is 13.8 Å². The van der Waals surface area contributed by atoms with Crippen LogP contribution in [0.1, 0.15) is 42.3 Å². The van der Waals surface area contributed by atoms with Crippen LogP contribution < -0.4 is 0 Å². The van der Waals surface area contributed by atoms with Gasteiger partial charge in [0.1, 0.15) is 11.5 Å². The Balaban J connectivity index is 1.54. The maximum Gasteiger partial charge on any atom is 0.118 e. The van der Waals surface area contributed by atoms with Gasteiger partial charge >= 0.3 is 0 Å². The zero-order valence-electron chi connectivity index (χ0n) is 12.6. The lowest BCUT2D eigenvalue weighted by molar-refractivity contribution is 0.0815. The normalized spacial score (nSPS) is 16.6. The molecule has 1 aliphatic rings. The Morgan fingerprint density at radius 1 is 1.25 bits per heavy atom. The van der Waals surface area contributed by atoms with Gasteiger partial charge in [-0.1, -0.05) is 6.92 Å². The summed E-state index contributed by atoms with van der Waals surface area (Å²) in [6, 6.07) is 6.89. The van der Waals surface area contributed by atoms with E-state index in [2.05, 4.69) is 53.7 Å². The molecule has 108 valence electrons. The fraction of sp³-hybridized carbons (Fsp3) is 0.562. The second-order valence-electron chi connectivity index (χ2n) is 5.84. The predicted molar refractivity (Wildman–Crippen MR) is 78.7 cm³/mol. The van der Waals surface area contributed by atoms with E-state index < -0.39 is 0 Å². The Bertz CT molecular complexity index is 578. The summed E-state index contributed by atoms with van der Waals surface area (Å²) in [4.78, 5) is 2.41. The van der Waals surface area contributed by atoms with Crippen molar-refractivity contribution in [2.75, 3.05) is 13.1 Å². The van der Waals surface area contributed by atoms with E-state index in [1.54, 1.807) is 0 Å². The summed E-state index contributed by atoms with van der Waals surface area (Å²) in [5.41, 5.74) is 2.37. The van der Waals surface area contributed by atoms with E-state index >= 15 is 0 Å². The molecule has 0 bridgehead atoms. The third-order valence-electron chi connectivity index (χ3n) is 3.92. The molecule has 0 N–H and O–H groups in total. The zero-order chi connectivity index (χ0) is 14.1. The van der Waals surface area contributed by atoms with Crippen molar-refractivity contribution in [3.63, 3.8) is 0 Å². The lowest BCUT2D eigenvalue weighted by Gasteiger charge is -2.39. The predicted octanol–water partition coefficient (Wildman–Crippen LogP) is 3.10. The van der Waals surface area contributed by atoms with E-state index in [0.717, 1.165) is 49.7 Å². The first-order chi connectivity index (χ1) is 9.65. The summed E-state index contributed by atoms with van der Waals surface area (Å²) in [7, 11) is 0. The maximum absolute atomic E-state index is 5.84. The standard InChI is InChI=1S/C16H23N3O/c1-4-5-15-6-7-16(20-15)11-18-9-14(10-18)19-13(3)8-12(2)17-19/h6-8,14H,4-5,9-11H2,1-3H3. The molecule has 0 aromatic carbocycles. The number of hydrogen-bond acceptors (Lipinski definition) is 3. The van der Waals surface area contributed by atoms with Crippen LogP contribution in [0.25, 0.3) is 0 Å². The topological polar surface area (TPSA) is 34.2 Å². The molecular weight excluding hydrogens is 250 g/mol. The summed E-state index contributed by atoms with van der Waals surface area (Å²) in [5, 5.41) is 4.57. The summed E-state index contributed by atoms with van der Waals surface area (Å²) < 4.78 is 8.00. The van der Waals surface area contributed by atoms with E-state index in [1.165, 1.54) is 5.69 Å². The Morgan fingerprint density at radius 3 is 2.65 bits per heavy atom. The first kappa shape index (κ1) is 13.4. The highest BCUT2D eigenvalue weighted by molar-refractivity contribution is 5.10.